The van der Waals surface area contributed by atoms with Gasteiger partial charge in [-0.1, -0.05) is 48.5 Å². The molecule has 0 aliphatic heterocycles. The highest BCUT2D eigenvalue weighted by molar-refractivity contribution is 9.12. The first-order valence-corrected chi connectivity index (χ1v) is 7.56. The van der Waals surface area contributed by atoms with E-state index in [1.54, 1.807) is 6.21 Å². The molecule has 1 amide bonds. The van der Waals surface area contributed by atoms with Crippen molar-refractivity contribution >= 4 is 39.8 Å². The van der Waals surface area contributed by atoms with Gasteiger partial charge in [-0.15, -0.1) is 0 Å². The number of rotatable bonds is 6. The predicted molar refractivity (Wildman–Crippen MR) is 94.9 cm³/mol. The Kier molecular flexibility index (Phi) is 6.39. The summed E-state index contributed by atoms with van der Waals surface area (Å²) in [7, 11) is 0. The molecule has 0 unspecified atom stereocenters. The van der Waals surface area contributed by atoms with Crippen LogP contribution in [0.5, 0.6) is 0 Å². The van der Waals surface area contributed by atoms with Crippen molar-refractivity contribution in [3.05, 3.63) is 70.7 Å². The Morgan fingerprint density at radius 3 is 2.36 bits per heavy atom. The van der Waals surface area contributed by atoms with Gasteiger partial charge in [-0.3, -0.25) is 4.79 Å². The smallest absolute Gasteiger partial charge is 0.259 e. The third-order valence-electron chi connectivity index (χ3n) is 2.71. The number of allylic oxidation sites excluding steroid dienone is 1. The van der Waals surface area contributed by atoms with Gasteiger partial charge in [0.1, 0.15) is 0 Å². The summed E-state index contributed by atoms with van der Waals surface area (Å²) >= 11 is 3.39. The maximum absolute atomic E-state index is 11.6. The van der Waals surface area contributed by atoms with Crippen molar-refractivity contribution in [1.29, 1.82) is 0 Å². The van der Waals surface area contributed by atoms with Crippen LogP contribution in [0, 0.1) is 0 Å². The molecule has 0 spiro atoms. The summed E-state index contributed by atoms with van der Waals surface area (Å²) in [6.07, 6.45) is 3.46. The molecule has 2 N–H and O–H groups in total. The standard InChI is InChI=1S/C17H16BrN3O/c18-15(11-14-7-3-1-4-8-14)12-20-21-17(22)13-19-16-9-5-2-6-10-16/h1-12,19H,13H2,(H,21,22). The number of anilines is 1. The molecule has 22 heavy (non-hydrogen) atoms. The largest absolute Gasteiger partial charge is 0.376 e. The highest BCUT2D eigenvalue weighted by Gasteiger charge is 1.98. The lowest BCUT2D eigenvalue weighted by molar-refractivity contribution is -0.119. The summed E-state index contributed by atoms with van der Waals surface area (Å²) in [5, 5.41) is 6.91. The summed E-state index contributed by atoms with van der Waals surface area (Å²) in [6.45, 7) is 0.168. The first-order chi connectivity index (χ1) is 10.7. The Hall–Kier alpha value is -2.40. The normalized spacial score (nSPS) is 11.4. The zero-order valence-corrected chi connectivity index (χ0v) is 13.5. The average molecular weight is 358 g/mol. The van der Waals surface area contributed by atoms with Gasteiger partial charge in [-0.25, -0.2) is 5.43 Å². The van der Waals surface area contributed by atoms with Crippen LogP contribution in [0.2, 0.25) is 0 Å². The molecule has 112 valence electrons. The minimum Gasteiger partial charge on any atom is -0.376 e. The first kappa shape index (κ1) is 16.0. The highest BCUT2D eigenvalue weighted by atomic mass is 79.9. The molecule has 0 atom stereocenters. The van der Waals surface area contributed by atoms with E-state index >= 15 is 0 Å². The lowest BCUT2D eigenvalue weighted by Gasteiger charge is -2.04. The zero-order valence-electron chi connectivity index (χ0n) is 11.9. The van der Waals surface area contributed by atoms with Crippen molar-refractivity contribution in [2.75, 3.05) is 11.9 Å². The number of benzene rings is 2. The SMILES string of the molecule is O=C(CNc1ccccc1)NN=CC(Br)=Cc1ccccc1. The Balaban J connectivity index is 1.77. The third-order valence-corrected chi connectivity index (χ3v) is 3.14. The van der Waals surface area contributed by atoms with Gasteiger partial charge in [0.2, 0.25) is 0 Å². The topological polar surface area (TPSA) is 53.5 Å². The van der Waals surface area contributed by atoms with Crippen LogP contribution in [0.3, 0.4) is 0 Å². The van der Waals surface area contributed by atoms with Crippen LogP contribution in [0.15, 0.2) is 70.2 Å². The van der Waals surface area contributed by atoms with E-state index in [-0.39, 0.29) is 12.5 Å². The number of hydrogen-bond donors (Lipinski definition) is 2. The average Bonchev–Trinajstić information content (AvgIpc) is 2.55. The van der Waals surface area contributed by atoms with E-state index in [0.29, 0.717) is 0 Å². The molecule has 0 aliphatic rings. The number of para-hydroxylation sites is 1. The van der Waals surface area contributed by atoms with Gasteiger partial charge >= 0.3 is 0 Å². The van der Waals surface area contributed by atoms with Crippen molar-refractivity contribution in [2.45, 2.75) is 0 Å². The number of carbonyl (C=O) groups excluding carboxylic acids is 1. The molecular weight excluding hydrogens is 342 g/mol. The van der Waals surface area contributed by atoms with Crippen LogP contribution in [0.1, 0.15) is 5.56 Å². The van der Waals surface area contributed by atoms with Crippen LogP contribution >= 0.6 is 15.9 Å². The van der Waals surface area contributed by atoms with Gasteiger partial charge in [0, 0.05) is 10.2 Å². The van der Waals surface area contributed by atoms with Gasteiger partial charge in [0.05, 0.1) is 12.8 Å². The quantitative estimate of drug-likeness (QED) is 0.612. The van der Waals surface area contributed by atoms with Crippen molar-refractivity contribution in [1.82, 2.24) is 5.43 Å². The monoisotopic (exact) mass is 357 g/mol. The molecule has 0 radical (unpaired) electrons. The molecule has 0 aliphatic carbocycles. The predicted octanol–water partition coefficient (Wildman–Crippen LogP) is 3.64. The lowest BCUT2D eigenvalue weighted by atomic mass is 10.2. The molecule has 0 bridgehead atoms. The fourth-order valence-electron chi connectivity index (χ4n) is 1.69. The molecular formula is C17H16BrN3O. The fraction of sp³-hybridized carbons (Fsp3) is 0.0588. The van der Waals surface area contributed by atoms with E-state index < -0.39 is 0 Å². The van der Waals surface area contributed by atoms with Gasteiger partial charge < -0.3 is 5.32 Å². The highest BCUT2D eigenvalue weighted by Crippen LogP contribution is 2.09. The second-order valence-electron chi connectivity index (χ2n) is 4.45. The summed E-state index contributed by atoms with van der Waals surface area (Å²) < 4.78 is 0.773. The van der Waals surface area contributed by atoms with Crippen LogP contribution in [0.25, 0.3) is 6.08 Å². The van der Waals surface area contributed by atoms with E-state index in [2.05, 4.69) is 31.8 Å². The number of halogens is 1. The molecule has 2 rings (SSSR count). The van der Waals surface area contributed by atoms with Crippen molar-refractivity contribution in [3.8, 4) is 0 Å². The summed E-state index contributed by atoms with van der Waals surface area (Å²) in [6, 6.07) is 19.4. The fourth-order valence-corrected chi connectivity index (χ4v) is 2.06. The lowest BCUT2D eigenvalue weighted by Crippen LogP contribution is -2.25. The zero-order chi connectivity index (χ0) is 15.6. The number of nitrogens with zero attached hydrogens (tertiary/aromatic N) is 1. The van der Waals surface area contributed by atoms with Crippen LogP contribution in [-0.2, 0) is 4.79 Å². The third kappa shape index (κ3) is 5.93. The maximum Gasteiger partial charge on any atom is 0.259 e. The minimum absolute atomic E-state index is 0.168. The van der Waals surface area contributed by atoms with Crippen molar-refractivity contribution in [2.24, 2.45) is 5.10 Å². The van der Waals surface area contributed by atoms with Crippen molar-refractivity contribution in [3.63, 3.8) is 0 Å². The van der Waals surface area contributed by atoms with E-state index in [4.69, 9.17) is 0 Å². The summed E-state index contributed by atoms with van der Waals surface area (Å²) in [5.74, 6) is -0.208. The Morgan fingerprint density at radius 1 is 1.05 bits per heavy atom. The minimum atomic E-state index is -0.208. The number of hydrogen-bond acceptors (Lipinski definition) is 3. The molecule has 2 aromatic carbocycles. The van der Waals surface area contributed by atoms with Gasteiger partial charge in [-0.2, -0.15) is 5.10 Å². The second kappa shape index (κ2) is 8.79. The van der Waals surface area contributed by atoms with E-state index in [1.165, 1.54) is 0 Å². The molecule has 0 saturated carbocycles. The number of nitrogens with one attached hydrogen (secondary N) is 2. The Bertz CT molecular complexity index is 654. The van der Waals surface area contributed by atoms with E-state index in [0.717, 1.165) is 15.7 Å². The first-order valence-electron chi connectivity index (χ1n) is 6.77. The van der Waals surface area contributed by atoms with Crippen LogP contribution < -0.4 is 10.7 Å². The molecule has 0 aromatic heterocycles. The van der Waals surface area contributed by atoms with E-state index in [9.17, 15) is 4.79 Å². The summed E-state index contributed by atoms with van der Waals surface area (Å²) in [4.78, 5) is 11.6. The van der Waals surface area contributed by atoms with Crippen LogP contribution in [-0.4, -0.2) is 18.7 Å². The number of amides is 1. The molecule has 0 heterocycles. The van der Waals surface area contributed by atoms with E-state index in [1.807, 2.05) is 66.7 Å². The molecule has 0 saturated heterocycles. The second-order valence-corrected chi connectivity index (χ2v) is 5.37. The van der Waals surface area contributed by atoms with Crippen molar-refractivity contribution < 1.29 is 4.79 Å². The molecule has 0 fully saturated rings. The summed E-state index contributed by atoms with van der Waals surface area (Å²) in [5.41, 5.74) is 4.42. The van der Waals surface area contributed by atoms with Gasteiger partial charge in [-0.05, 0) is 39.7 Å². The Labute approximate surface area is 138 Å². The number of hydrazone groups is 1. The molecule has 4 nitrogen and oxygen atoms in total. The maximum atomic E-state index is 11.6. The molecule has 5 heteroatoms. The van der Waals surface area contributed by atoms with Gasteiger partial charge in [0.25, 0.3) is 5.91 Å². The van der Waals surface area contributed by atoms with Gasteiger partial charge in [0.15, 0.2) is 0 Å². The van der Waals surface area contributed by atoms with Crippen LogP contribution in [0.4, 0.5) is 5.69 Å². The number of carbonyl (C=O) groups is 1. The Morgan fingerprint density at radius 2 is 1.68 bits per heavy atom. The molecule has 2 aromatic rings.